The van der Waals surface area contributed by atoms with Crippen molar-refractivity contribution in [2.75, 3.05) is 6.61 Å². The van der Waals surface area contributed by atoms with Crippen LogP contribution in [-0.2, 0) is 12.7 Å². The van der Waals surface area contributed by atoms with Gasteiger partial charge in [0, 0.05) is 28.4 Å². The van der Waals surface area contributed by atoms with Gasteiger partial charge in [-0.2, -0.15) is 18.3 Å². The van der Waals surface area contributed by atoms with E-state index in [1.807, 2.05) is 6.92 Å². The van der Waals surface area contributed by atoms with Crippen LogP contribution in [0.5, 0.6) is 5.75 Å². The third-order valence-electron chi connectivity index (χ3n) is 5.02. The Kier molecular flexibility index (Phi) is 7.10. The van der Waals surface area contributed by atoms with E-state index < -0.39 is 23.8 Å². The molecule has 4 rings (SSSR count). The number of benzene rings is 1. The summed E-state index contributed by atoms with van der Waals surface area (Å²) in [4.78, 5) is 25.8. The number of aromatic nitrogens is 5. The summed E-state index contributed by atoms with van der Waals surface area (Å²) in [7, 11) is 0. The lowest BCUT2D eigenvalue weighted by Crippen LogP contribution is -2.27. The van der Waals surface area contributed by atoms with Crippen molar-refractivity contribution in [2.24, 2.45) is 0 Å². The average molecular weight is 503 g/mol. The molecule has 35 heavy (non-hydrogen) atoms. The zero-order valence-corrected chi connectivity index (χ0v) is 19.6. The van der Waals surface area contributed by atoms with Gasteiger partial charge in [0.1, 0.15) is 35.7 Å². The van der Waals surface area contributed by atoms with Crippen molar-refractivity contribution in [2.45, 2.75) is 32.6 Å². The molecule has 182 valence electrons. The molecular formula is C23H21F3N6O2S. The summed E-state index contributed by atoms with van der Waals surface area (Å²) in [5, 5.41) is 7.57. The van der Waals surface area contributed by atoms with Crippen molar-refractivity contribution >= 4 is 17.2 Å². The third kappa shape index (κ3) is 6.21. The van der Waals surface area contributed by atoms with Crippen molar-refractivity contribution in [3.05, 3.63) is 77.1 Å². The smallest absolute Gasteiger partial charge is 0.433 e. The second kappa shape index (κ2) is 10.2. The maximum Gasteiger partial charge on any atom is 0.433 e. The first-order valence-electron chi connectivity index (χ1n) is 10.6. The maximum atomic E-state index is 13.0. The summed E-state index contributed by atoms with van der Waals surface area (Å²) in [6.07, 6.45) is 1.35. The molecule has 3 aromatic heterocycles. The standard InChI is InChI=1S/C23H21F3N6O2S/c1-14-10-29-22(35-14)18-7-17(8-19(9-18)34-6-5-32-13-27-12-30-32)21(33)31-15(2)16-3-4-20(28-11-16)23(24,25)26/h3-4,7-13,15H,5-6H2,1-2H3,(H,31,33). The van der Waals surface area contributed by atoms with Crippen LogP contribution in [0.25, 0.3) is 10.6 Å². The highest BCUT2D eigenvalue weighted by Crippen LogP contribution is 2.30. The van der Waals surface area contributed by atoms with Crippen LogP contribution in [0, 0.1) is 6.92 Å². The van der Waals surface area contributed by atoms with E-state index in [0.29, 0.717) is 30.0 Å². The molecule has 0 bridgehead atoms. The fourth-order valence-corrected chi connectivity index (χ4v) is 3.97. The molecule has 1 N–H and O–H groups in total. The maximum absolute atomic E-state index is 13.0. The highest BCUT2D eigenvalue weighted by Gasteiger charge is 2.32. The quantitative estimate of drug-likeness (QED) is 0.376. The van der Waals surface area contributed by atoms with Crippen LogP contribution in [0.3, 0.4) is 0 Å². The van der Waals surface area contributed by atoms with Crippen LogP contribution in [0.1, 0.15) is 39.5 Å². The lowest BCUT2D eigenvalue weighted by Gasteiger charge is -2.16. The molecule has 0 radical (unpaired) electrons. The SMILES string of the molecule is Cc1cnc(-c2cc(OCCn3cncn3)cc(C(=O)NC(C)c3ccc(C(F)(F)F)nc3)c2)s1. The van der Waals surface area contributed by atoms with Crippen LogP contribution >= 0.6 is 11.3 Å². The van der Waals surface area contributed by atoms with Crippen molar-refractivity contribution in [3.63, 3.8) is 0 Å². The van der Waals surface area contributed by atoms with E-state index in [1.165, 1.54) is 23.7 Å². The number of pyridine rings is 1. The van der Waals surface area contributed by atoms with Gasteiger partial charge in [-0.3, -0.25) is 9.78 Å². The predicted octanol–water partition coefficient (Wildman–Crippen LogP) is 4.69. The minimum absolute atomic E-state index is 0.304. The Bertz CT molecular complexity index is 1290. The first-order chi connectivity index (χ1) is 16.7. The van der Waals surface area contributed by atoms with Gasteiger partial charge in [0.15, 0.2) is 0 Å². The zero-order valence-electron chi connectivity index (χ0n) is 18.8. The Hall–Kier alpha value is -3.80. The summed E-state index contributed by atoms with van der Waals surface area (Å²) >= 11 is 1.48. The monoisotopic (exact) mass is 502 g/mol. The number of halogens is 3. The summed E-state index contributed by atoms with van der Waals surface area (Å²) in [5.41, 5.74) is 0.509. The number of amides is 1. The number of alkyl halides is 3. The molecule has 1 amide bonds. The number of hydrogen-bond acceptors (Lipinski definition) is 7. The lowest BCUT2D eigenvalue weighted by atomic mass is 10.1. The van der Waals surface area contributed by atoms with Gasteiger partial charge in [-0.15, -0.1) is 11.3 Å². The molecule has 0 saturated carbocycles. The normalized spacial score (nSPS) is 12.4. The van der Waals surface area contributed by atoms with E-state index in [9.17, 15) is 18.0 Å². The second-order valence-electron chi connectivity index (χ2n) is 7.70. The molecule has 0 fully saturated rings. The topological polar surface area (TPSA) is 94.8 Å². The number of aryl methyl sites for hydroxylation is 1. The first kappa shape index (κ1) is 24.3. The van der Waals surface area contributed by atoms with Gasteiger partial charge in [-0.1, -0.05) is 6.07 Å². The number of ether oxygens (including phenoxy) is 1. The molecule has 0 saturated heterocycles. The highest BCUT2D eigenvalue weighted by molar-refractivity contribution is 7.14. The average Bonchev–Trinajstić information content (AvgIpc) is 3.50. The van der Waals surface area contributed by atoms with Crippen LogP contribution in [0.4, 0.5) is 13.2 Å². The molecule has 0 aliphatic heterocycles. The molecule has 0 spiro atoms. The van der Waals surface area contributed by atoms with Gasteiger partial charge >= 0.3 is 6.18 Å². The number of nitrogens with zero attached hydrogens (tertiary/aromatic N) is 5. The minimum atomic E-state index is -4.52. The van der Waals surface area contributed by atoms with Crippen LogP contribution in [0.2, 0.25) is 0 Å². The van der Waals surface area contributed by atoms with E-state index in [1.54, 1.807) is 42.3 Å². The van der Waals surface area contributed by atoms with Gasteiger partial charge in [0.2, 0.25) is 0 Å². The van der Waals surface area contributed by atoms with E-state index in [-0.39, 0.29) is 0 Å². The molecule has 1 aromatic carbocycles. The minimum Gasteiger partial charge on any atom is -0.492 e. The Morgan fingerprint density at radius 1 is 1.20 bits per heavy atom. The Balaban J connectivity index is 1.52. The Morgan fingerprint density at radius 2 is 2.03 bits per heavy atom. The number of hydrogen-bond donors (Lipinski definition) is 1. The third-order valence-corrected chi connectivity index (χ3v) is 5.98. The van der Waals surface area contributed by atoms with Gasteiger partial charge in [-0.25, -0.2) is 14.6 Å². The van der Waals surface area contributed by atoms with Gasteiger partial charge < -0.3 is 10.1 Å². The number of carbonyl (C=O) groups excluding carboxylic acids is 1. The molecule has 8 nitrogen and oxygen atoms in total. The van der Waals surface area contributed by atoms with E-state index in [4.69, 9.17) is 4.74 Å². The molecule has 0 aliphatic carbocycles. The Morgan fingerprint density at radius 3 is 2.66 bits per heavy atom. The molecule has 1 unspecified atom stereocenters. The predicted molar refractivity (Wildman–Crippen MR) is 123 cm³/mol. The summed E-state index contributed by atoms with van der Waals surface area (Å²) in [6, 6.07) is 6.74. The fraction of sp³-hybridized carbons (Fsp3) is 0.261. The van der Waals surface area contributed by atoms with Crippen molar-refractivity contribution in [1.82, 2.24) is 30.0 Å². The van der Waals surface area contributed by atoms with Gasteiger partial charge in [-0.05, 0) is 43.7 Å². The van der Waals surface area contributed by atoms with Crippen LogP contribution < -0.4 is 10.1 Å². The number of carbonyl (C=O) groups is 1. The largest absolute Gasteiger partial charge is 0.492 e. The number of nitrogens with one attached hydrogen (secondary N) is 1. The van der Waals surface area contributed by atoms with Crippen LogP contribution in [0.15, 0.2) is 55.4 Å². The molecule has 4 aromatic rings. The first-order valence-corrected chi connectivity index (χ1v) is 11.4. The zero-order chi connectivity index (χ0) is 25.0. The van der Waals surface area contributed by atoms with Crippen LogP contribution in [-0.4, -0.2) is 37.2 Å². The van der Waals surface area contributed by atoms with Gasteiger partial charge in [0.05, 0.1) is 12.6 Å². The second-order valence-corrected chi connectivity index (χ2v) is 8.93. The number of thiazole rings is 1. The van der Waals surface area contributed by atoms with Gasteiger partial charge in [0.25, 0.3) is 5.91 Å². The molecule has 12 heteroatoms. The van der Waals surface area contributed by atoms with Crippen molar-refractivity contribution in [1.29, 1.82) is 0 Å². The van der Waals surface area contributed by atoms with Crippen molar-refractivity contribution in [3.8, 4) is 16.3 Å². The Labute approximate surface area is 202 Å². The summed E-state index contributed by atoms with van der Waals surface area (Å²) in [5.74, 6) is 0.0677. The van der Waals surface area contributed by atoms with E-state index in [0.717, 1.165) is 27.7 Å². The molecular weight excluding hydrogens is 481 g/mol. The summed E-state index contributed by atoms with van der Waals surface area (Å²) < 4.78 is 45.8. The number of rotatable bonds is 8. The fourth-order valence-electron chi connectivity index (χ4n) is 3.22. The van der Waals surface area contributed by atoms with E-state index in [2.05, 4.69) is 25.4 Å². The molecule has 1 atom stereocenters. The van der Waals surface area contributed by atoms with E-state index >= 15 is 0 Å². The molecule has 0 aliphatic rings. The van der Waals surface area contributed by atoms with Crippen molar-refractivity contribution < 1.29 is 22.7 Å². The molecule has 3 heterocycles. The highest BCUT2D eigenvalue weighted by atomic mass is 32.1. The lowest BCUT2D eigenvalue weighted by molar-refractivity contribution is -0.141. The summed E-state index contributed by atoms with van der Waals surface area (Å²) in [6.45, 7) is 4.39.